The van der Waals surface area contributed by atoms with Gasteiger partial charge in [-0.3, -0.25) is 4.79 Å². The molecule has 0 saturated carbocycles. The van der Waals surface area contributed by atoms with Gasteiger partial charge in [-0.25, -0.2) is 9.97 Å². The lowest BCUT2D eigenvalue weighted by atomic mass is 10.2. The van der Waals surface area contributed by atoms with Crippen LogP contribution in [-0.4, -0.2) is 33.9 Å². The third-order valence-corrected chi connectivity index (χ3v) is 4.57. The van der Waals surface area contributed by atoms with Gasteiger partial charge < -0.3 is 10.2 Å². The molecule has 6 heteroatoms. The molecule has 1 aliphatic rings. The number of anilines is 2. The number of aromatic nitrogens is 2. The molecule has 0 atom stereocenters. The molecule has 114 valence electrons. The molecule has 1 saturated heterocycles. The van der Waals surface area contributed by atoms with E-state index in [0.29, 0.717) is 11.5 Å². The lowest BCUT2D eigenvalue weighted by Crippen LogP contribution is -2.27. The second-order valence-electron chi connectivity index (χ2n) is 5.38. The maximum absolute atomic E-state index is 12.2. The average molecular weight is 361 g/mol. The van der Waals surface area contributed by atoms with E-state index >= 15 is 0 Å². The Labute approximate surface area is 137 Å². The van der Waals surface area contributed by atoms with Crippen molar-refractivity contribution in [3.8, 4) is 0 Å². The molecule has 1 amide bonds. The van der Waals surface area contributed by atoms with Crippen molar-refractivity contribution < 1.29 is 4.79 Å². The Morgan fingerprint density at radius 2 is 1.91 bits per heavy atom. The molecule has 0 bridgehead atoms. The molecule has 0 radical (unpaired) electrons. The van der Waals surface area contributed by atoms with Crippen LogP contribution in [0.25, 0.3) is 0 Å². The second kappa shape index (κ2) is 6.44. The predicted octanol–water partition coefficient (Wildman–Crippen LogP) is 3.53. The fraction of sp³-hybridized carbons (Fsp3) is 0.312. The van der Waals surface area contributed by atoms with Gasteiger partial charge in [-0.1, -0.05) is 22.0 Å². The molecule has 0 spiro atoms. The van der Waals surface area contributed by atoms with Crippen LogP contribution in [0.3, 0.4) is 0 Å². The minimum Gasteiger partial charge on any atom is -0.339 e. The summed E-state index contributed by atoms with van der Waals surface area (Å²) in [4.78, 5) is 22.5. The summed E-state index contributed by atoms with van der Waals surface area (Å²) in [5.41, 5.74) is 2.60. The molecule has 0 unspecified atom stereocenters. The van der Waals surface area contributed by atoms with Crippen molar-refractivity contribution in [2.24, 2.45) is 0 Å². The number of halogens is 1. The van der Waals surface area contributed by atoms with Crippen LogP contribution in [0.15, 0.2) is 35.1 Å². The highest BCUT2D eigenvalue weighted by Gasteiger charge is 2.19. The second-order valence-corrected chi connectivity index (χ2v) is 6.24. The van der Waals surface area contributed by atoms with E-state index in [1.807, 2.05) is 30.0 Å². The Morgan fingerprint density at radius 3 is 2.55 bits per heavy atom. The lowest BCUT2D eigenvalue weighted by molar-refractivity contribution is 0.0792. The number of rotatable bonds is 3. The number of benzene rings is 1. The maximum Gasteiger partial charge on any atom is 0.256 e. The van der Waals surface area contributed by atoms with E-state index in [1.165, 1.54) is 0 Å². The Kier molecular flexibility index (Phi) is 4.38. The third kappa shape index (κ3) is 3.27. The van der Waals surface area contributed by atoms with Gasteiger partial charge >= 0.3 is 0 Å². The summed E-state index contributed by atoms with van der Waals surface area (Å²) in [6.45, 7) is 3.69. The van der Waals surface area contributed by atoms with Crippen molar-refractivity contribution in [3.05, 3.63) is 46.2 Å². The Hall–Kier alpha value is -1.95. The molecule has 1 aromatic carbocycles. The van der Waals surface area contributed by atoms with E-state index in [-0.39, 0.29) is 5.91 Å². The van der Waals surface area contributed by atoms with Crippen LogP contribution < -0.4 is 5.32 Å². The monoisotopic (exact) mass is 360 g/mol. The van der Waals surface area contributed by atoms with Crippen molar-refractivity contribution in [1.29, 1.82) is 0 Å². The number of nitrogens with one attached hydrogen (secondary N) is 1. The van der Waals surface area contributed by atoms with Gasteiger partial charge in [0.1, 0.15) is 0 Å². The quantitative estimate of drug-likeness (QED) is 0.909. The van der Waals surface area contributed by atoms with Crippen LogP contribution in [0.5, 0.6) is 0 Å². The van der Waals surface area contributed by atoms with E-state index in [4.69, 9.17) is 0 Å². The summed E-state index contributed by atoms with van der Waals surface area (Å²) < 4.78 is 1.03. The van der Waals surface area contributed by atoms with Crippen LogP contribution in [0.4, 0.5) is 11.6 Å². The van der Waals surface area contributed by atoms with Crippen LogP contribution in [0.2, 0.25) is 0 Å². The highest BCUT2D eigenvalue weighted by molar-refractivity contribution is 9.10. The van der Waals surface area contributed by atoms with Gasteiger partial charge in [0, 0.05) is 35.6 Å². The van der Waals surface area contributed by atoms with Gasteiger partial charge in [0.2, 0.25) is 5.95 Å². The van der Waals surface area contributed by atoms with Crippen LogP contribution in [0.1, 0.15) is 28.8 Å². The third-order valence-electron chi connectivity index (χ3n) is 3.72. The number of amides is 1. The summed E-state index contributed by atoms with van der Waals surface area (Å²) >= 11 is 3.50. The summed E-state index contributed by atoms with van der Waals surface area (Å²) in [5, 5.41) is 3.13. The molecular formula is C16H17BrN4O. The smallest absolute Gasteiger partial charge is 0.256 e. The van der Waals surface area contributed by atoms with E-state index in [9.17, 15) is 4.79 Å². The van der Waals surface area contributed by atoms with Gasteiger partial charge in [-0.05, 0) is 37.5 Å². The Bertz CT molecular complexity index is 681. The topological polar surface area (TPSA) is 58.1 Å². The van der Waals surface area contributed by atoms with Crippen molar-refractivity contribution >= 4 is 33.5 Å². The zero-order valence-electron chi connectivity index (χ0n) is 12.3. The molecule has 1 aliphatic heterocycles. The summed E-state index contributed by atoms with van der Waals surface area (Å²) in [5.74, 6) is 0.496. The predicted molar refractivity (Wildman–Crippen MR) is 89.3 cm³/mol. The van der Waals surface area contributed by atoms with Gasteiger partial charge in [0.05, 0.1) is 5.56 Å². The minimum atomic E-state index is 0.0159. The SMILES string of the molecule is Cc1ccc(Nc2ncc(C(=O)N3CCCC3)cn2)cc1Br. The molecule has 1 aromatic heterocycles. The van der Waals surface area contributed by atoms with Crippen molar-refractivity contribution in [2.45, 2.75) is 19.8 Å². The number of nitrogens with zero attached hydrogens (tertiary/aromatic N) is 3. The standard InChI is InChI=1S/C16H17BrN4O/c1-11-4-5-13(8-14(11)17)20-16-18-9-12(10-19-16)15(22)21-6-2-3-7-21/h4-5,8-10H,2-3,6-7H2,1H3,(H,18,19,20). The molecule has 1 fully saturated rings. The first kappa shape index (κ1) is 15.0. The van der Waals surface area contributed by atoms with Crippen molar-refractivity contribution in [2.75, 3.05) is 18.4 Å². The molecule has 1 N–H and O–H groups in total. The van der Waals surface area contributed by atoms with E-state index in [2.05, 4.69) is 31.2 Å². The lowest BCUT2D eigenvalue weighted by Gasteiger charge is -2.14. The summed E-state index contributed by atoms with van der Waals surface area (Å²) in [6, 6.07) is 5.95. The molecule has 0 aliphatic carbocycles. The fourth-order valence-corrected chi connectivity index (χ4v) is 2.78. The van der Waals surface area contributed by atoms with E-state index < -0.39 is 0 Å². The van der Waals surface area contributed by atoms with Crippen LogP contribution >= 0.6 is 15.9 Å². The number of carbonyl (C=O) groups excluding carboxylic acids is 1. The van der Waals surface area contributed by atoms with Crippen LogP contribution in [-0.2, 0) is 0 Å². The first-order chi connectivity index (χ1) is 10.6. The van der Waals surface area contributed by atoms with Crippen molar-refractivity contribution in [3.63, 3.8) is 0 Å². The molecule has 3 rings (SSSR count). The summed E-state index contributed by atoms with van der Waals surface area (Å²) in [7, 11) is 0. The number of aryl methyl sites for hydroxylation is 1. The largest absolute Gasteiger partial charge is 0.339 e. The van der Waals surface area contributed by atoms with Gasteiger partial charge in [0.15, 0.2) is 0 Å². The minimum absolute atomic E-state index is 0.0159. The first-order valence-electron chi connectivity index (χ1n) is 7.28. The highest BCUT2D eigenvalue weighted by Crippen LogP contribution is 2.22. The average Bonchev–Trinajstić information content (AvgIpc) is 3.05. The van der Waals surface area contributed by atoms with E-state index in [1.54, 1.807) is 12.4 Å². The zero-order valence-corrected chi connectivity index (χ0v) is 13.9. The molecule has 2 heterocycles. The fourth-order valence-electron chi connectivity index (χ4n) is 2.41. The van der Waals surface area contributed by atoms with Gasteiger partial charge in [0.25, 0.3) is 5.91 Å². The summed E-state index contributed by atoms with van der Waals surface area (Å²) in [6.07, 6.45) is 5.32. The van der Waals surface area contributed by atoms with Crippen molar-refractivity contribution in [1.82, 2.24) is 14.9 Å². The molecule has 2 aromatic rings. The van der Waals surface area contributed by atoms with Gasteiger partial charge in [-0.2, -0.15) is 0 Å². The Morgan fingerprint density at radius 1 is 1.23 bits per heavy atom. The number of likely N-dealkylation sites (tertiary alicyclic amines) is 1. The zero-order chi connectivity index (χ0) is 15.5. The molecule has 22 heavy (non-hydrogen) atoms. The number of hydrogen-bond acceptors (Lipinski definition) is 4. The van der Waals surface area contributed by atoms with Gasteiger partial charge in [-0.15, -0.1) is 0 Å². The number of carbonyl (C=O) groups is 1. The molecule has 5 nitrogen and oxygen atoms in total. The Balaban J connectivity index is 1.70. The van der Waals surface area contributed by atoms with E-state index in [0.717, 1.165) is 41.7 Å². The normalized spacial score (nSPS) is 14.2. The maximum atomic E-state index is 12.2. The first-order valence-corrected chi connectivity index (χ1v) is 8.07. The highest BCUT2D eigenvalue weighted by atomic mass is 79.9. The van der Waals surface area contributed by atoms with Crippen LogP contribution in [0, 0.1) is 6.92 Å². The molecular weight excluding hydrogens is 344 g/mol. The number of hydrogen-bond donors (Lipinski definition) is 1.